The van der Waals surface area contributed by atoms with E-state index >= 15 is 0 Å². The summed E-state index contributed by atoms with van der Waals surface area (Å²) in [5.74, 6) is 0.320. The van der Waals surface area contributed by atoms with Crippen LogP contribution in [0.5, 0.6) is 0 Å². The SMILES string of the molecule is CCN(CC)C(N)=NCCS(=O)(=O)NCc1ccccc1. The largest absolute Gasteiger partial charge is 0.370 e. The Morgan fingerprint density at radius 1 is 1.24 bits per heavy atom. The molecule has 118 valence electrons. The van der Waals surface area contributed by atoms with Crippen molar-refractivity contribution < 1.29 is 8.42 Å². The summed E-state index contributed by atoms with van der Waals surface area (Å²) in [4.78, 5) is 5.99. The first-order valence-corrected chi connectivity index (χ1v) is 8.69. The van der Waals surface area contributed by atoms with Crippen LogP contribution in [0.25, 0.3) is 0 Å². The molecule has 0 amide bonds. The molecule has 0 aromatic heterocycles. The van der Waals surface area contributed by atoms with Crippen LogP contribution < -0.4 is 10.5 Å². The first kappa shape index (κ1) is 17.5. The third kappa shape index (κ3) is 6.59. The minimum Gasteiger partial charge on any atom is -0.370 e. The third-order valence-corrected chi connectivity index (χ3v) is 4.36. The fraction of sp³-hybridized carbons (Fsp3) is 0.500. The van der Waals surface area contributed by atoms with Gasteiger partial charge in [-0.1, -0.05) is 30.3 Å². The summed E-state index contributed by atoms with van der Waals surface area (Å²) in [6, 6.07) is 9.39. The molecule has 7 heteroatoms. The predicted octanol–water partition coefficient (Wildman–Crippen LogP) is 0.763. The Labute approximate surface area is 127 Å². The number of benzene rings is 1. The number of aliphatic imine (C=N–C) groups is 1. The summed E-state index contributed by atoms with van der Waals surface area (Å²) in [6.07, 6.45) is 0. The van der Waals surface area contributed by atoms with Gasteiger partial charge < -0.3 is 10.6 Å². The maximum absolute atomic E-state index is 11.9. The molecule has 0 aliphatic carbocycles. The topological polar surface area (TPSA) is 87.8 Å². The molecular formula is C14H24N4O2S. The Bertz CT molecular complexity index is 539. The average Bonchev–Trinajstić information content (AvgIpc) is 2.47. The van der Waals surface area contributed by atoms with E-state index in [1.54, 1.807) is 0 Å². The fourth-order valence-corrected chi connectivity index (χ4v) is 2.65. The van der Waals surface area contributed by atoms with Crippen molar-refractivity contribution in [3.8, 4) is 0 Å². The molecule has 0 heterocycles. The van der Waals surface area contributed by atoms with Gasteiger partial charge in [-0.15, -0.1) is 0 Å². The molecule has 1 rings (SSSR count). The normalized spacial score (nSPS) is 12.4. The van der Waals surface area contributed by atoms with E-state index in [2.05, 4.69) is 9.71 Å². The molecule has 0 unspecified atom stereocenters. The Kier molecular flexibility index (Phi) is 7.18. The van der Waals surface area contributed by atoms with Gasteiger partial charge in [0.2, 0.25) is 10.0 Å². The van der Waals surface area contributed by atoms with Crippen molar-refractivity contribution in [1.29, 1.82) is 0 Å². The van der Waals surface area contributed by atoms with Crippen LogP contribution in [-0.4, -0.2) is 44.7 Å². The highest BCUT2D eigenvalue weighted by Gasteiger charge is 2.10. The van der Waals surface area contributed by atoms with Crippen LogP contribution in [0, 0.1) is 0 Å². The van der Waals surface area contributed by atoms with Gasteiger partial charge in [0.15, 0.2) is 5.96 Å². The van der Waals surface area contributed by atoms with Gasteiger partial charge in [0.05, 0.1) is 12.3 Å². The molecule has 21 heavy (non-hydrogen) atoms. The minimum absolute atomic E-state index is 0.0677. The smallest absolute Gasteiger partial charge is 0.213 e. The molecule has 0 spiro atoms. The highest BCUT2D eigenvalue weighted by molar-refractivity contribution is 7.89. The summed E-state index contributed by atoms with van der Waals surface area (Å²) in [7, 11) is -3.35. The van der Waals surface area contributed by atoms with Gasteiger partial charge in [-0.05, 0) is 19.4 Å². The molecule has 0 saturated heterocycles. The van der Waals surface area contributed by atoms with Gasteiger partial charge in [0.1, 0.15) is 0 Å². The van der Waals surface area contributed by atoms with Crippen molar-refractivity contribution >= 4 is 16.0 Å². The van der Waals surface area contributed by atoms with Gasteiger partial charge in [-0.25, -0.2) is 13.1 Å². The summed E-state index contributed by atoms with van der Waals surface area (Å²) in [5, 5.41) is 0. The second-order valence-electron chi connectivity index (χ2n) is 4.54. The molecule has 6 nitrogen and oxygen atoms in total. The predicted molar refractivity (Wildman–Crippen MR) is 86.5 cm³/mol. The summed E-state index contributed by atoms with van der Waals surface area (Å²) < 4.78 is 26.3. The van der Waals surface area contributed by atoms with E-state index in [1.165, 1.54) is 0 Å². The van der Waals surface area contributed by atoms with Crippen LogP contribution >= 0.6 is 0 Å². The molecule has 0 aliphatic rings. The zero-order valence-corrected chi connectivity index (χ0v) is 13.4. The van der Waals surface area contributed by atoms with Crippen molar-refractivity contribution in [2.45, 2.75) is 20.4 Å². The first-order valence-electron chi connectivity index (χ1n) is 7.04. The zero-order chi connectivity index (χ0) is 15.7. The zero-order valence-electron chi connectivity index (χ0n) is 12.6. The van der Waals surface area contributed by atoms with E-state index in [0.29, 0.717) is 12.5 Å². The number of guanidine groups is 1. The van der Waals surface area contributed by atoms with Crippen molar-refractivity contribution in [2.75, 3.05) is 25.4 Å². The van der Waals surface area contributed by atoms with Crippen molar-refractivity contribution in [1.82, 2.24) is 9.62 Å². The molecule has 0 atom stereocenters. The van der Waals surface area contributed by atoms with Crippen LogP contribution in [-0.2, 0) is 16.6 Å². The number of hydrogen-bond donors (Lipinski definition) is 2. The van der Waals surface area contributed by atoms with Crippen molar-refractivity contribution in [2.24, 2.45) is 10.7 Å². The summed E-state index contributed by atoms with van der Waals surface area (Å²) >= 11 is 0. The lowest BCUT2D eigenvalue weighted by atomic mass is 10.2. The lowest BCUT2D eigenvalue weighted by molar-refractivity contribution is 0.458. The van der Waals surface area contributed by atoms with Gasteiger partial charge in [-0.3, -0.25) is 4.99 Å². The van der Waals surface area contributed by atoms with E-state index in [1.807, 2.05) is 49.1 Å². The molecule has 0 radical (unpaired) electrons. The number of hydrogen-bond acceptors (Lipinski definition) is 3. The van der Waals surface area contributed by atoms with Crippen LogP contribution in [0.1, 0.15) is 19.4 Å². The third-order valence-electron chi connectivity index (χ3n) is 3.06. The molecule has 1 aromatic rings. The Morgan fingerprint density at radius 2 is 1.86 bits per heavy atom. The Hall–Kier alpha value is -1.60. The second kappa shape index (κ2) is 8.63. The Balaban J connectivity index is 2.44. The lowest BCUT2D eigenvalue weighted by Crippen LogP contribution is -2.37. The van der Waals surface area contributed by atoms with Gasteiger partial charge in [0, 0.05) is 19.6 Å². The molecular weight excluding hydrogens is 288 g/mol. The van der Waals surface area contributed by atoms with Crippen LogP contribution in [0.15, 0.2) is 35.3 Å². The van der Waals surface area contributed by atoms with Gasteiger partial charge in [0.25, 0.3) is 0 Å². The molecule has 0 aliphatic heterocycles. The highest BCUT2D eigenvalue weighted by Crippen LogP contribution is 1.99. The van der Waals surface area contributed by atoms with E-state index in [-0.39, 0.29) is 12.3 Å². The minimum atomic E-state index is -3.35. The van der Waals surface area contributed by atoms with Crippen LogP contribution in [0.4, 0.5) is 0 Å². The van der Waals surface area contributed by atoms with Crippen molar-refractivity contribution in [3.05, 3.63) is 35.9 Å². The number of nitrogens with two attached hydrogens (primary N) is 1. The van der Waals surface area contributed by atoms with E-state index in [9.17, 15) is 8.42 Å². The number of rotatable bonds is 8. The van der Waals surface area contributed by atoms with E-state index in [0.717, 1.165) is 18.7 Å². The number of nitrogens with one attached hydrogen (secondary N) is 1. The second-order valence-corrected chi connectivity index (χ2v) is 6.46. The molecule has 3 N–H and O–H groups in total. The monoisotopic (exact) mass is 312 g/mol. The fourth-order valence-electron chi connectivity index (χ4n) is 1.79. The van der Waals surface area contributed by atoms with Gasteiger partial charge >= 0.3 is 0 Å². The average molecular weight is 312 g/mol. The van der Waals surface area contributed by atoms with Crippen LogP contribution in [0.3, 0.4) is 0 Å². The quantitative estimate of drug-likeness (QED) is 0.548. The van der Waals surface area contributed by atoms with Gasteiger partial charge in [-0.2, -0.15) is 0 Å². The molecule has 1 aromatic carbocycles. The molecule has 0 saturated carbocycles. The van der Waals surface area contributed by atoms with Crippen LogP contribution in [0.2, 0.25) is 0 Å². The number of nitrogens with zero attached hydrogens (tertiary/aromatic N) is 2. The van der Waals surface area contributed by atoms with E-state index < -0.39 is 10.0 Å². The van der Waals surface area contributed by atoms with E-state index in [4.69, 9.17) is 5.73 Å². The molecule has 0 fully saturated rings. The molecule has 0 bridgehead atoms. The highest BCUT2D eigenvalue weighted by atomic mass is 32.2. The van der Waals surface area contributed by atoms with Crippen molar-refractivity contribution in [3.63, 3.8) is 0 Å². The maximum Gasteiger partial charge on any atom is 0.213 e. The first-order chi connectivity index (χ1) is 9.98. The lowest BCUT2D eigenvalue weighted by Gasteiger charge is -2.19. The maximum atomic E-state index is 11.9. The summed E-state index contributed by atoms with van der Waals surface area (Å²) in [6.45, 7) is 5.91. The Morgan fingerprint density at radius 3 is 2.43 bits per heavy atom. The summed E-state index contributed by atoms with van der Waals surface area (Å²) in [5.41, 5.74) is 6.72. The number of sulfonamides is 1. The standard InChI is InChI=1S/C14H24N4O2S/c1-3-18(4-2)14(15)16-10-11-21(19,20)17-12-13-8-6-5-7-9-13/h5-9,17H,3-4,10-12H2,1-2H3,(H2,15,16).